The summed E-state index contributed by atoms with van der Waals surface area (Å²) in [6, 6.07) is 22.6. The molecule has 0 saturated carbocycles. The summed E-state index contributed by atoms with van der Waals surface area (Å²) >= 11 is 0. The quantitative estimate of drug-likeness (QED) is 0.0759. The first-order chi connectivity index (χ1) is 24.5. The zero-order valence-corrected chi connectivity index (χ0v) is 30.2. The molecule has 1 saturated heterocycles. The summed E-state index contributed by atoms with van der Waals surface area (Å²) in [5.41, 5.74) is 1.44. The van der Waals surface area contributed by atoms with Gasteiger partial charge in [-0.2, -0.15) is 0 Å². The zero-order chi connectivity index (χ0) is 37.6. The molecule has 0 radical (unpaired) electrons. The fourth-order valence-corrected chi connectivity index (χ4v) is 6.09. The van der Waals surface area contributed by atoms with E-state index in [1.165, 1.54) is 18.2 Å². The van der Waals surface area contributed by atoms with Gasteiger partial charge in [0.1, 0.15) is 41.1 Å². The van der Waals surface area contributed by atoms with Gasteiger partial charge in [0.05, 0.1) is 29.1 Å². The molecular weight excluding hydrogens is 674 g/mol. The maximum absolute atomic E-state index is 14.7. The van der Waals surface area contributed by atoms with E-state index in [9.17, 15) is 23.7 Å². The lowest BCUT2D eigenvalue weighted by atomic mass is 10.1. The first kappa shape index (κ1) is 38.2. The highest BCUT2D eigenvalue weighted by Gasteiger charge is 2.37. The zero-order valence-electron chi connectivity index (χ0n) is 30.2. The maximum Gasteiger partial charge on any atom is 0.308 e. The lowest BCUT2D eigenvalue weighted by Crippen LogP contribution is -2.47. The topological polar surface area (TPSA) is 110 Å². The minimum absolute atomic E-state index is 0.0523. The Bertz CT molecular complexity index is 1880. The molecule has 1 aliphatic rings. The number of carbonyl (C=O) groups excluding carboxylic acids is 1. The van der Waals surface area contributed by atoms with Gasteiger partial charge in [-0.15, -0.1) is 0 Å². The number of halogens is 2. The molecule has 1 heterocycles. The molecule has 4 aromatic rings. The van der Waals surface area contributed by atoms with Gasteiger partial charge in [-0.25, -0.2) is 8.78 Å². The van der Waals surface area contributed by atoms with Gasteiger partial charge in [0.2, 0.25) is 0 Å². The summed E-state index contributed by atoms with van der Waals surface area (Å²) in [6.45, 7) is 11.3. The van der Waals surface area contributed by atoms with E-state index < -0.39 is 27.9 Å². The number of hydrogen-bond donors (Lipinski definition) is 0. The Kier molecular flexibility index (Phi) is 11.8. The van der Waals surface area contributed by atoms with Gasteiger partial charge in [-0.05, 0) is 83.5 Å². The number of ether oxygens (including phenoxy) is 5. The Morgan fingerprint density at radius 2 is 1.62 bits per heavy atom. The van der Waals surface area contributed by atoms with Crippen LogP contribution in [-0.2, 0) is 32.1 Å². The van der Waals surface area contributed by atoms with Gasteiger partial charge in [-0.1, -0.05) is 30.3 Å². The molecular formula is C40H44F2N2O8. The summed E-state index contributed by atoms with van der Waals surface area (Å²) in [5, 5.41) is 11.7. The van der Waals surface area contributed by atoms with Gasteiger partial charge >= 0.3 is 5.97 Å². The third-order valence-corrected chi connectivity index (χ3v) is 8.21. The molecule has 0 N–H and O–H groups in total. The van der Waals surface area contributed by atoms with Crippen LogP contribution in [0.2, 0.25) is 0 Å². The second-order valence-electron chi connectivity index (χ2n) is 14.2. The Balaban J connectivity index is 1.23. The molecule has 0 unspecified atom stereocenters. The number of nitro benzene ring substituents is 1. The normalized spacial score (nSPS) is 16.9. The molecule has 12 heteroatoms. The molecule has 0 bridgehead atoms. The lowest BCUT2D eigenvalue weighted by molar-refractivity contribution is -0.385. The third-order valence-electron chi connectivity index (χ3n) is 8.21. The molecule has 1 fully saturated rings. The number of rotatable bonds is 13. The minimum Gasteiger partial charge on any atom is -0.491 e. The molecule has 5 rings (SSSR count). The van der Waals surface area contributed by atoms with E-state index in [1.54, 1.807) is 57.2 Å². The van der Waals surface area contributed by atoms with E-state index in [0.29, 0.717) is 34.9 Å². The van der Waals surface area contributed by atoms with Gasteiger partial charge in [0, 0.05) is 49.0 Å². The average Bonchev–Trinajstić information content (AvgIpc) is 3.04. The molecule has 0 amide bonds. The Morgan fingerprint density at radius 1 is 0.923 bits per heavy atom. The van der Waals surface area contributed by atoms with Crippen LogP contribution >= 0.6 is 0 Å². The van der Waals surface area contributed by atoms with E-state index >= 15 is 0 Å². The van der Waals surface area contributed by atoms with Crippen molar-refractivity contribution in [2.24, 2.45) is 0 Å². The van der Waals surface area contributed by atoms with E-state index in [0.717, 1.165) is 11.6 Å². The first-order valence-electron chi connectivity index (χ1n) is 17.0. The first-order valence-corrected chi connectivity index (χ1v) is 17.0. The van der Waals surface area contributed by atoms with Crippen molar-refractivity contribution < 1.29 is 42.2 Å². The number of carbonyl (C=O) groups is 1. The van der Waals surface area contributed by atoms with Crippen LogP contribution in [-0.4, -0.2) is 41.1 Å². The summed E-state index contributed by atoms with van der Waals surface area (Å²) < 4.78 is 58.1. The van der Waals surface area contributed by atoms with E-state index in [2.05, 4.69) is 0 Å². The second-order valence-corrected chi connectivity index (χ2v) is 14.2. The Hall–Kier alpha value is -5.07. The SMILES string of the molecule is Cc1c(N(Cc2ccc(Oc3cccc(OC[C@@H]4C[C@@H](CC(=O)OC(C)(C)C)OC(C)(C)O4)c3)cc2)Cc2ccc(F)cc2F)cccc1[N+](=O)[O-]. The number of anilines is 1. The van der Waals surface area contributed by atoms with Gasteiger partial charge in [0.15, 0.2) is 5.79 Å². The Labute approximate surface area is 302 Å². The Morgan fingerprint density at radius 3 is 2.31 bits per heavy atom. The summed E-state index contributed by atoms with van der Waals surface area (Å²) in [4.78, 5) is 25.5. The maximum atomic E-state index is 14.7. The summed E-state index contributed by atoms with van der Waals surface area (Å²) in [5.74, 6) is -0.943. The number of hydrogen-bond acceptors (Lipinski definition) is 9. The third kappa shape index (κ3) is 10.7. The largest absolute Gasteiger partial charge is 0.491 e. The molecule has 1 aliphatic heterocycles. The van der Waals surface area contributed by atoms with Crippen LogP contribution in [0.5, 0.6) is 17.2 Å². The van der Waals surface area contributed by atoms with Crippen molar-refractivity contribution in [3.8, 4) is 17.2 Å². The molecule has 0 aromatic heterocycles. The van der Waals surface area contributed by atoms with Crippen LogP contribution < -0.4 is 14.4 Å². The minimum atomic E-state index is -0.901. The fraction of sp³-hybridized carbons (Fsp3) is 0.375. The van der Waals surface area contributed by atoms with Crippen LogP contribution in [0.1, 0.15) is 64.2 Å². The highest BCUT2D eigenvalue weighted by Crippen LogP contribution is 2.33. The van der Waals surface area contributed by atoms with Crippen molar-refractivity contribution in [1.82, 2.24) is 0 Å². The molecule has 10 nitrogen and oxygen atoms in total. The van der Waals surface area contributed by atoms with Crippen molar-refractivity contribution in [2.75, 3.05) is 11.5 Å². The van der Waals surface area contributed by atoms with Crippen molar-refractivity contribution in [3.05, 3.63) is 123 Å². The molecule has 276 valence electrons. The van der Waals surface area contributed by atoms with Crippen LogP contribution in [0.25, 0.3) is 0 Å². The smallest absolute Gasteiger partial charge is 0.308 e. The standard InChI is InChI=1S/C40H44F2N2O8/c1-26-36(11-8-12-37(26)44(46)47)43(24-28-15-16-29(41)19-35(28)42)23-27-13-17-30(18-14-27)49-32-10-7-9-31(20-32)48-25-34-21-33(50-40(5,6)51-34)22-38(45)52-39(2,3)4/h7-20,33-34H,21-25H2,1-6H3/t33-,34-/m0/s1. The van der Waals surface area contributed by atoms with E-state index in [-0.39, 0.29) is 55.5 Å². The fourth-order valence-electron chi connectivity index (χ4n) is 6.09. The van der Waals surface area contributed by atoms with Crippen LogP contribution in [0, 0.1) is 28.7 Å². The van der Waals surface area contributed by atoms with Gasteiger partial charge in [0.25, 0.3) is 5.69 Å². The predicted molar refractivity (Wildman–Crippen MR) is 191 cm³/mol. The number of esters is 1. The van der Waals surface area contributed by atoms with Crippen molar-refractivity contribution in [2.45, 2.75) is 91.1 Å². The lowest BCUT2D eigenvalue weighted by Gasteiger charge is -2.40. The molecule has 0 aliphatic carbocycles. The number of nitro groups is 1. The van der Waals surface area contributed by atoms with Gasteiger partial charge < -0.3 is 28.6 Å². The number of nitrogens with zero attached hydrogens (tertiary/aromatic N) is 2. The molecule has 52 heavy (non-hydrogen) atoms. The monoisotopic (exact) mass is 718 g/mol. The van der Waals surface area contributed by atoms with Crippen molar-refractivity contribution in [1.29, 1.82) is 0 Å². The highest BCUT2D eigenvalue weighted by atomic mass is 19.1. The molecule has 2 atom stereocenters. The van der Waals surface area contributed by atoms with Crippen LogP contribution in [0.3, 0.4) is 0 Å². The summed E-state index contributed by atoms with van der Waals surface area (Å²) in [7, 11) is 0. The summed E-state index contributed by atoms with van der Waals surface area (Å²) in [6.07, 6.45) is -0.126. The highest BCUT2D eigenvalue weighted by molar-refractivity contribution is 5.70. The van der Waals surface area contributed by atoms with E-state index in [4.69, 9.17) is 23.7 Å². The predicted octanol–water partition coefficient (Wildman–Crippen LogP) is 9.20. The van der Waals surface area contributed by atoms with Crippen LogP contribution in [0.4, 0.5) is 20.2 Å². The van der Waals surface area contributed by atoms with Crippen molar-refractivity contribution >= 4 is 17.3 Å². The second kappa shape index (κ2) is 16.1. The van der Waals surface area contributed by atoms with Crippen molar-refractivity contribution in [3.63, 3.8) is 0 Å². The number of benzene rings is 4. The molecule has 4 aromatic carbocycles. The van der Waals surface area contributed by atoms with Gasteiger partial charge in [-0.3, -0.25) is 14.9 Å². The molecule has 0 spiro atoms. The van der Waals surface area contributed by atoms with Crippen LogP contribution in [0.15, 0.2) is 84.9 Å². The van der Waals surface area contributed by atoms with E-state index in [1.807, 2.05) is 49.9 Å². The average molecular weight is 719 g/mol.